The van der Waals surface area contributed by atoms with E-state index in [1.807, 2.05) is 30.3 Å². The van der Waals surface area contributed by atoms with Gasteiger partial charge in [-0.05, 0) is 31.9 Å². The smallest absolute Gasteiger partial charge is 0.408 e. The van der Waals surface area contributed by atoms with E-state index >= 15 is 0 Å². The molecule has 0 radical (unpaired) electrons. The minimum absolute atomic E-state index is 0.163. The van der Waals surface area contributed by atoms with E-state index in [0.29, 0.717) is 5.56 Å². The first-order valence-corrected chi connectivity index (χ1v) is 12.6. The lowest BCUT2D eigenvalue weighted by atomic mass is 9.90. The molecule has 2 fully saturated rings. The Morgan fingerprint density at radius 2 is 1.68 bits per heavy atom. The van der Waals surface area contributed by atoms with Gasteiger partial charge in [-0.2, -0.15) is 0 Å². The third-order valence-electron chi connectivity index (χ3n) is 6.37. The van der Waals surface area contributed by atoms with Gasteiger partial charge < -0.3 is 39.2 Å². The van der Waals surface area contributed by atoms with Gasteiger partial charge in [0.1, 0.15) is 42.2 Å². The van der Waals surface area contributed by atoms with Crippen LogP contribution in [0.2, 0.25) is 0 Å². The van der Waals surface area contributed by atoms with Crippen LogP contribution in [-0.4, -0.2) is 72.1 Å². The van der Waals surface area contributed by atoms with Crippen molar-refractivity contribution in [1.29, 1.82) is 0 Å². The summed E-state index contributed by atoms with van der Waals surface area (Å²) in [5.41, 5.74) is 1.47. The Morgan fingerprint density at radius 1 is 1.00 bits per heavy atom. The fourth-order valence-corrected chi connectivity index (χ4v) is 4.53. The van der Waals surface area contributed by atoms with Crippen LogP contribution in [0.4, 0.5) is 4.79 Å². The van der Waals surface area contributed by atoms with Crippen LogP contribution in [0.25, 0.3) is 0 Å². The van der Waals surface area contributed by atoms with Crippen molar-refractivity contribution in [2.75, 3.05) is 13.7 Å². The monoisotopic (exact) mass is 529 g/mol. The molecule has 2 aromatic carbocycles. The van der Waals surface area contributed by atoms with Gasteiger partial charge in [-0.25, -0.2) is 9.59 Å². The maximum atomic E-state index is 12.3. The number of carbonyl (C=O) groups excluding carboxylic acids is 2. The molecule has 0 aliphatic carbocycles. The number of hydrogen-bond donors (Lipinski definition) is 3. The number of carbonyl (C=O) groups is 2. The van der Waals surface area contributed by atoms with Crippen molar-refractivity contribution < 1.29 is 43.5 Å². The van der Waals surface area contributed by atoms with E-state index in [9.17, 15) is 19.8 Å². The summed E-state index contributed by atoms with van der Waals surface area (Å²) in [6.45, 7) is 5.38. The van der Waals surface area contributed by atoms with E-state index in [2.05, 4.69) is 5.32 Å². The molecule has 10 nitrogen and oxygen atoms in total. The summed E-state index contributed by atoms with van der Waals surface area (Å²) >= 11 is 0. The third kappa shape index (κ3) is 6.69. The number of esters is 1. The summed E-state index contributed by atoms with van der Waals surface area (Å²) in [4.78, 5) is 24.5. The number of amides is 1. The summed E-state index contributed by atoms with van der Waals surface area (Å²) < 4.78 is 28.0. The highest BCUT2D eigenvalue weighted by atomic mass is 16.7. The summed E-state index contributed by atoms with van der Waals surface area (Å²) in [5, 5.41) is 24.3. The zero-order valence-corrected chi connectivity index (χ0v) is 21.9. The Hall–Kier alpha value is -3.02. The van der Waals surface area contributed by atoms with Gasteiger partial charge in [0.05, 0.1) is 13.7 Å². The molecule has 206 valence electrons. The highest BCUT2D eigenvalue weighted by Gasteiger charge is 2.49. The van der Waals surface area contributed by atoms with Crippen LogP contribution < -0.4 is 5.32 Å². The summed E-state index contributed by atoms with van der Waals surface area (Å²) in [7, 11) is 1.25. The van der Waals surface area contributed by atoms with Crippen molar-refractivity contribution in [3.63, 3.8) is 0 Å². The molecule has 1 unspecified atom stereocenters. The summed E-state index contributed by atoms with van der Waals surface area (Å²) in [5.74, 6) is -0.605. The molecule has 0 bridgehead atoms. The SMILES string of the molecule is COC(=O)[C@H](Cc1ccc([C@@H]2O[C@@H]3COC(c4ccccc4)O[C@H]3[C@H](O)[C@H]2O)cc1)NC(=O)OC(C)(C)C. The standard InChI is InChI=1S/C28H35NO9/c1-28(2,3)38-27(33)29-19(25(32)34-4)14-16-10-12-17(13-11-16)23-21(30)22(31)24-20(36-23)15-35-26(37-24)18-8-6-5-7-9-18/h5-13,19-24,26,30-31H,14-15H2,1-4H3,(H,29,33)/t19-,20+,21+,22+,23-,24+,26?/m0/s1. The van der Waals surface area contributed by atoms with Crippen molar-refractivity contribution in [2.24, 2.45) is 0 Å². The molecule has 2 heterocycles. The van der Waals surface area contributed by atoms with Gasteiger partial charge in [-0.15, -0.1) is 0 Å². The average Bonchev–Trinajstić information content (AvgIpc) is 2.89. The zero-order valence-electron chi connectivity index (χ0n) is 21.9. The number of methoxy groups -OCH3 is 1. The normalized spacial score (nSPS) is 28.1. The van der Waals surface area contributed by atoms with E-state index in [1.165, 1.54) is 7.11 Å². The molecule has 2 saturated heterocycles. The van der Waals surface area contributed by atoms with Crippen LogP contribution in [-0.2, 0) is 34.9 Å². The number of benzene rings is 2. The van der Waals surface area contributed by atoms with E-state index < -0.39 is 60.5 Å². The van der Waals surface area contributed by atoms with Gasteiger partial charge in [0.2, 0.25) is 0 Å². The number of aliphatic hydroxyl groups is 2. The maximum absolute atomic E-state index is 12.3. The topological polar surface area (TPSA) is 133 Å². The molecule has 1 amide bonds. The lowest BCUT2D eigenvalue weighted by Gasteiger charge is -2.46. The zero-order chi connectivity index (χ0) is 27.4. The lowest BCUT2D eigenvalue weighted by molar-refractivity contribution is -0.330. The molecule has 10 heteroatoms. The first-order valence-electron chi connectivity index (χ1n) is 12.6. The second-order valence-electron chi connectivity index (χ2n) is 10.4. The van der Waals surface area contributed by atoms with Gasteiger partial charge in [0.15, 0.2) is 6.29 Å². The summed E-state index contributed by atoms with van der Waals surface area (Å²) in [6.07, 6.45) is -5.76. The molecule has 0 saturated carbocycles. The number of fused-ring (bicyclic) bond motifs is 1. The Morgan fingerprint density at radius 3 is 2.32 bits per heavy atom. The van der Waals surface area contributed by atoms with Gasteiger partial charge in [-0.1, -0.05) is 54.6 Å². The van der Waals surface area contributed by atoms with Crippen LogP contribution >= 0.6 is 0 Å². The number of rotatable bonds is 6. The second kappa shape index (κ2) is 11.8. The van der Waals surface area contributed by atoms with E-state index in [-0.39, 0.29) is 13.0 Å². The lowest BCUT2D eigenvalue weighted by Crippen LogP contribution is -2.59. The molecular weight excluding hydrogens is 494 g/mol. The van der Waals surface area contributed by atoms with E-state index in [1.54, 1.807) is 45.0 Å². The third-order valence-corrected chi connectivity index (χ3v) is 6.37. The fraction of sp³-hybridized carbons (Fsp3) is 0.500. The molecule has 2 aromatic rings. The molecular formula is C28H35NO9. The van der Waals surface area contributed by atoms with Crippen molar-refractivity contribution in [3.05, 3.63) is 71.3 Å². The van der Waals surface area contributed by atoms with Crippen LogP contribution in [0.1, 0.15) is 49.9 Å². The van der Waals surface area contributed by atoms with Crippen LogP contribution in [0.3, 0.4) is 0 Å². The van der Waals surface area contributed by atoms with Crippen molar-refractivity contribution >= 4 is 12.1 Å². The Kier molecular flexibility index (Phi) is 8.69. The summed E-state index contributed by atoms with van der Waals surface area (Å²) in [6, 6.07) is 15.4. The minimum atomic E-state index is -1.23. The van der Waals surface area contributed by atoms with Crippen LogP contribution in [0.15, 0.2) is 54.6 Å². The molecule has 38 heavy (non-hydrogen) atoms. The number of alkyl carbamates (subject to hydrolysis) is 1. The highest BCUT2D eigenvalue weighted by Crippen LogP contribution is 2.39. The second-order valence-corrected chi connectivity index (χ2v) is 10.4. The fourth-order valence-electron chi connectivity index (χ4n) is 4.53. The van der Waals surface area contributed by atoms with E-state index in [0.717, 1.165) is 11.1 Å². The molecule has 3 N–H and O–H groups in total. The quantitative estimate of drug-likeness (QED) is 0.483. The predicted molar refractivity (Wildman–Crippen MR) is 135 cm³/mol. The van der Waals surface area contributed by atoms with Crippen molar-refractivity contribution in [3.8, 4) is 0 Å². The first-order chi connectivity index (χ1) is 18.1. The minimum Gasteiger partial charge on any atom is -0.467 e. The Balaban J connectivity index is 1.41. The van der Waals surface area contributed by atoms with E-state index in [4.69, 9.17) is 23.7 Å². The van der Waals surface area contributed by atoms with Gasteiger partial charge >= 0.3 is 12.1 Å². The van der Waals surface area contributed by atoms with Crippen molar-refractivity contribution in [2.45, 2.75) is 75.6 Å². The molecule has 0 aromatic heterocycles. The maximum Gasteiger partial charge on any atom is 0.408 e. The van der Waals surface area contributed by atoms with Crippen LogP contribution in [0.5, 0.6) is 0 Å². The Labute approximate surface area is 221 Å². The van der Waals surface area contributed by atoms with Gasteiger partial charge in [0.25, 0.3) is 0 Å². The number of aliphatic hydroxyl groups excluding tert-OH is 2. The molecule has 2 aliphatic heterocycles. The Bertz CT molecular complexity index is 1080. The first kappa shape index (κ1) is 28.0. The molecule has 7 atom stereocenters. The number of hydrogen-bond acceptors (Lipinski definition) is 9. The van der Waals surface area contributed by atoms with Crippen molar-refractivity contribution in [1.82, 2.24) is 5.32 Å². The molecule has 4 rings (SSSR count). The van der Waals surface area contributed by atoms with Gasteiger partial charge in [-0.3, -0.25) is 0 Å². The number of ether oxygens (including phenoxy) is 5. The molecule has 0 spiro atoms. The average molecular weight is 530 g/mol. The largest absolute Gasteiger partial charge is 0.467 e. The van der Waals surface area contributed by atoms with Gasteiger partial charge in [0, 0.05) is 12.0 Å². The van der Waals surface area contributed by atoms with Crippen LogP contribution in [0, 0.1) is 0 Å². The number of nitrogens with one attached hydrogen (secondary N) is 1. The predicted octanol–water partition coefficient (Wildman–Crippen LogP) is 2.57. The molecule has 2 aliphatic rings. The highest BCUT2D eigenvalue weighted by molar-refractivity contribution is 5.81.